The zero-order chi connectivity index (χ0) is 19.2. The number of nitrogens with zero attached hydrogens (tertiary/aromatic N) is 2. The van der Waals surface area contributed by atoms with Crippen molar-refractivity contribution in [2.75, 3.05) is 19.7 Å². The van der Waals surface area contributed by atoms with Gasteiger partial charge in [0.05, 0.1) is 24.8 Å². The third kappa shape index (κ3) is 4.59. The summed E-state index contributed by atoms with van der Waals surface area (Å²) in [6.07, 6.45) is 2.47. The molecule has 1 atom stereocenters. The summed E-state index contributed by atoms with van der Waals surface area (Å²) in [4.78, 5) is 2.57. The number of hydrogen-bond acceptors (Lipinski definition) is 3. The molecular formula is C25H26N2O. The third-order valence-electron chi connectivity index (χ3n) is 5.58. The highest BCUT2D eigenvalue weighted by molar-refractivity contribution is 5.85. The second-order valence-electron chi connectivity index (χ2n) is 7.71. The van der Waals surface area contributed by atoms with Crippen LogP contribution in [0, 0.1) is 17.2 Å². The summed E-state index contributed by atoms with van der Waals surface area (Å²) in [6, 6.07) is 25.1. The molecule has 1 fully saturated rings. The lowest BCUT2D eigenvalue weighted by atomic mass is 9.97. The molecule has 0 N–H and O–H groups in total. The van der Waals surface area contributed by atoms with Gasteiger partial charge in [0.15, 0.2) is 0 Å². The first-order valence-electron chi connectivity index (χ1n) is 10.1. The highest BCUT2D eigenvalue weighted by Crippen LogP contribution is 2.23. The zero-order valence-electron chi connectivity index (χ0n) is 16.2. The average Bonchev–Trinajstić information content (AvgIpc) is 2.75. The van der Waals surface area contributed by atoms with Crippen molar-refractivity contribution < 1.29 is 4.74 Å². The largest absolute Gasteiger partial charge is 0.376 e. The van der Waals surface area contributed by atoms with Crippen LogP contribution in [0.4, 0.5) is 0 Å². The molecule has 28 heavy (non-hydrogen) atoms. The molecule has 0 saturated carbocycles. The van der Waals surface area contributed by atoms with Crippen LogP contribution in [0.2, 0.25) is 0 Å². The summed E-state index contributed by atoms with van der Waals surface area (Å²) in [6.45, 7) is 4.68. The Hall–Kier alpha value is -2.67. The highest BCUT2D eigenvalue weighted by atomic mass is 16.5. The molecule has 4 rings (SSSR count). The minimum absolute atomic E-state index is 0.585. The standard InChI is InChI=1S/C25H26N2O/c26-15-20-10-12-21(13-11-20)18-28-19-22-5-4-14-27(16-22)17-24-8-3-7-23-6-1-2-9-25(23)24/h1-3,6-13,22H,4-5,14,16-19H2. The van der Waals surface area contributed by atoms with Crippen LogP contribution in [0.3, 0.4) is 0 Å². The maximum Gasteiger partial charge on any atom is 0.0991 e. The number of likely N-dealkylation sites (tertiary alicyclic amines) is 1. The molecule has 1 aliphatic rings. The van der Waals surface area contributed by atoms with Crippen molar-refractivity contribution in [3.05, 3.63) is 83.4 Å². The van der Waals surface area contributed by atoms with E-state index < -0.39 is 0 Å². The van der Waals surface area contributed by atoms with Crippen LogP contribution in [0.15, 0.2) is 66.7 Å². The van der Waals surface area contributed by atoms with E-state index >= 15 is 0 Å². The van der Waals surface area contributed by atoms with Crippen molar-refractivity contribution in [2.24, 2.45) is 5.92 Å². The molecule has 1 heterocycles. The number of fused-ring (bicyclic) bond motifs is 1. The van der Waals surface area contributed by atoms with Gasteiger partial charge >= 0.3 is 0 Å². The second-order valence-corrected chi connectivity index (χ2v) is 7.71. The molecule has 3 aromatic rings. The van der Waals surface area contributed by atoms with Crippen LogP contribution in [0.25, 0.3) is 10.8 Å². The lowest BCUT2D eigenvalue weighted by molar-refractivity contribution is 0.0498. The SMILES string of the molecule is N#Cc1ccc(COCC2CCCN(Cc3cccc4ccccc34)C2)cc1. The molecular weight excluding hydrogens is 344 g/mol. The van der Waals surface area contributed by atoms with Crippen LogP contribution in [0.1, 0.15) is 29.5 Å². The Balaban J connectivity index is 1.31. The number of rotatable bonds is 6. The fourth-order valence-corrected chi connectivity index (χ4v) is 4.12. The average molecular weight is 370 g/mol. The molecule has 1 unspecified atom stereocenters. The second kappa shape index (κ2) is 9.01. The topological polar surface area (TPSA) is 36.3 Å². The summed E-state index contributed by atoms with van der Waals surface area (Å²) in [7, 11) is 0. The lowest BCUT2D eigenvalue weighted by Crippen LogP contribution is -2.36. The van der Waals surface area contributed by atoms with Gasteiger partial charge in [0.2, 0.25) is 0 Å². The van der Waals surface area contributed by atoms with Crippen LogP contribution in [-0.4, -0.2) is 24.6 Å². The fourth-order valence-electron chi connectivity index (χ4n) is 4.12. The smallest absolute Gasteiger partial charge is 0.0991 e. The Kier molecular flexibility index (Phi) is 6.01. The Labute approximate surface area is 167 Å². The van der Waals surface area contributed by atoms with Gasteiger partial charge < -0.3 is 4.74 Å². The van der Waals surface area contributed by atoms with Crippen LogP contribution >= 0.6 is 0 Å². The molecule has 0 bridgehead atoms. The molecule has 0 amide bonds. The van der Waals surface area contributed by atoms with E-state index in [9.17, 15) is 0 Å². The minimum Gasteiger partial charge on any atom is -0.376 e. The summed E-state index contributed by atoms with van der Waals surface area (Å²) < 4.78 is 5.99. The molecule has 0 aliphatic carbocycles. The maximum absolute atomic E-state index is 8.88. The molecule has 1 saturated heterocycles. The van der Waals surface area contributed by atoms with Gasteiger partial charge in [-0.05, 0) is 59.3 Å². The van der Waals surface area contributed by atoms with E-state index in [1.54, 1.807) is 0 Å². The van der Waals surface area contributed by atoms with Crippen molar-refractivity contribution in [1.29, 1.82) is 5.26 Å². The number of benzene rings is 3. The Morgan fingerprint density at radius 1 is 1.00 bits per heavy atom. The van der Waals surface area contributed by atoms with Gasteiger partial charge in [0.25, 0.3) is 0 Å². The summed E-state index contributed by atoms with van der Waals surface area (Å²) in [5.74, 6) is 0.585. The normalized spacial score (nSPS) is 17.5. The van der Waals surface area contributed by atoms with E-state index in [2.05, 4.69) is 53.4 Å². The van der Waals surface area contributed by atoms with Gasteiger partial charge in [-0.3, -0.25) is 4.90 Å². The van der Waals surface area contributed by atoms with Crippen LogP contribution in [0.5, 0.6) is 0 Å². The summed E-state index contributed by atoms with van der Waals surface area (Å²) in [5, 5.41) is 11.6. The zero-order valence-corrected chi connectivity index (χ0v) is 16.2. The first kappa shape index (κ1) is 18.7. The number of hydrogen-bond donors (Lipinski definition) is 0. The van der Waals surface area contributed by atoms with Gasteiger partial charge in [-0.1, -0.05) is 54.6 Å². The Morgan fingerprint density at radius 3 is 2.68 bits per heavy atom. The number of piperidine rings is 1. The van der Waals surface area contributed by atoms with E-state index in [1.165, 1.54) is 29.2 Å². The van der Waals surface area contributed by atoms with Gasteiger partial charge in [0.1, 0.15) is 0 Å². The molecule has 1 aliphatic heterocycles. The predicted octanol–water partition coefficient (Wildman–Crippen LogP) is 5.14. The number of ether oxygens (including phenoxy) is 1. The van der Waals surface area contributed by atoms with Gasteiger partial charge in [-0.2, -0.15) is 5.26 Å². The van der Waals surface area contributed by atoms with Crippen molar-refractivity contribution in [3.8, 4) is 6.07 Å². The molecule has 0 spiro atoms. The van der Waals surface area contributed by atoms with Crippen molar-refractivity contribution in [3.63, 3.8) is 0 Å². The van der Waals surface area contributed by atoms with Crippen LogP contribution < -0.4 is 0 Å². The lowest BCUT2D eigenvalue weighted by Gasteiger charge is -2.33. The summed E-state index contributed by atoms with van der Waals surface area (Å²) >= 11 is 0. The van der Waals surface area contributed by atoms with E-state index in [1.807, 2.05) is 24.3 Å². The van der Waals surface area contributed by atoms with E-state index in [0.29, 0.717) is 18.1 Å². The van der Waals surface area contributed by atoms with Crippen molar-refractivity contribution in [2.45, 2.75) is 26.0 Å². The minimum atomic E-state index is 0.585. The van der Waals surface area contributed by atoms with Crippen molar-refractivity contribution in [1.82, 2.24) is 4.90 Å². The first-order chi connectivity index (χ1) is 13.8. The monoisotopic (exact) mass is 370 g/mol. The summed E-state index contributed by atoms with van der Waals surface area (Å²) in [5.41, 5.74) is 3.24. The third-order valence-corrected chi connectivity index (χ3v) is 5.58. The first-order valence-corrected chi connectivity index (χ1v) is 10.1. The predicted molar refractivity (Wildman–Crippen MR) is 113 cm³/mol. The molecule has 3 nitrogen and oxygen atoms in total. The van der Waals surface area contributed by atoms with Gasteiger partial charge in [-0.25, -0.2) is 0 Å². The Bertz CT molecular complexity index is 953. The number of nitriles is 1. The Morgan fingerprint density at radius 2 is 1.82 bits per heavy atom. The van der Waals surface area contributed by atoms with Crippen LogP contribution in [-0.2, 0) is 17.9 Å². The highest BCUT2D eigenvalue weighted by Gasteiger charge is 2.20. The quantitative estimate of drug-likeness (QED) is 0.603. The van der Waals surface area contributed by atoms with E-state index in [4.69, 9.17) is 10.00 Å². The maximum atomic E-state index is 8.88. The van der Waals surface area contributed by atoms with E-state index in [0.717, 1.165) is 31.8 Å². The van der Waals surface area contributed by atoms with Gasteiger partial charge in [0, 0.05) is 13.1 Å². The fraction of sp³-hybridized carbons (Fsp3) is 0.320. The molecule has 3 aromatic carbocycles. The van der Waals surface area contributed by atoms with Gasteiger partial charge in [-0.15, -0.1) is 0 Å². The van der Waals surface area contributed by atoms with E-state index in [-0.39, 0.29) is 0 Å². The van der Waals surface area contributed by atoms with Crippen molar-refractivity contribution >= 4 is 10.8 Å². The molecule has 0 radical (unpaired) electrons. The molecule has 3 heteroatoms. The molecule has 142 valence electrons. The molecule has 0 aromatic heterocycles.